The van der Waals surface area contributed by atoms with E-state index in [2.05, 4.69) is 5.32 Å². The molecule has 3 N–H and O–H groups in total. The standard InChI is InChI=1S/C12H17N3O3S/c1-8(6-7-19-2)14-12(16)9-4-3-5-10(13)11(9)15(17)18/h3-5,8H,6-7,13H2,1-2H3,(H,14,16). The van der Waals surface area contributed by atoms with Gasteiger partial charge in [0.05, 0.1) is 4.92 Å². The fourth-order valence-corrected chi connectivity index (χ4v) is 2.21. The van der Waals surface area contributed by atoms with E-state index in [9.17, 15) is 14.9 Å². The van der Waals surface area contributed by atoms with Gasteiger partial charge < -0.3 is 11.1 Å². The average Bonchev–Trinajstić information content (AvgIpc) is 2.35. The molecule has 0 spiro atoms. The van der Waals surface area contributed by atoms with Crippen LogP contribution in [0.2, 0.25) is 0 Å². The Morgan fingerprint density at radius 2 is 2.26 bits per heavy atom. The molecule has 0 aliphatic carbocycles. The van der Waals surface area contributed by atoms with E-state index < -0.39 is 10.8 Å². The van der Waals surface area contributed by atoms with Crippen LogP contribution < -0.4 is 11.1 Å². The molecule has 0 saturated heterocycles. The highest BCUT2D eigenvalue weighted by molar-refractivity contribution is 7.98. The number of carbonyl (C=O) groups excluding carboxylic acids is 1. The maximum Gasteiger partial charge on any atom is 0.304 e. The number of benzene rings is 1. The number of anilines is 1. The summed E-state index contributed by atoms with van der Waals surface area (Å²) in [6.45, 7) is 1.87. The van der Waals surface area contributed by atoms with Gasteiger partial charge in [0, 0.05) is 6.04 Å². The molecule has 0 heterocycles. The van der Waals surface area contributed by atoms with Crippen molar-refractivity contribution in [3.8, 4) is 0 Å². The molecule has 0 radical (unpaired) electrons. The third-order valence-electron chi connectivity index (χ3n) is 2.63. The summed E-state index contributed by atoms with van der Waals surface area (Å²) in [4.78, 5) is 22.3. The Balaban J connectivity index is 2.88. The first-order chi connectivity index (χ1) is 8.97. The highest BCUT2D eigenvalue weighted by Gasteiger charge is 2.23. The van der Waals surface area contributed by atoms with Gasteiger partial charge in [0.15, 0.2) is 0 Å². The number of thioether (sulfide) groups is 1. The summed E-state index contributed by atoms with van der Waals surface area (Å²) in [6.07, 6.45) is 2.79. The van der Waals surface area contributed by atoms with Crippen LogP contribution in [0.4, 0.5) is 11.4 Å². The molecule has 1 atom stereocenters. The summed E-state index contributed by atoms with van der Waals surface area (Å²) in [5.74, 6) is 0.452. The SMILES string of the molecule is CSCCC(C)NC(=O)c1cccc(N)c1[N+](=O)[O-]. The van der Waals surface area contributed by atoms with E-state index >= 15 is 0 Å². The Kier molecular flexibility index (Phi) is 5.62. The molecule has 6 nitrogen and oxygen atoms in total. The fourth-order valence-electron chi connectivity index (χ4n) is 1.62. The van der Waals surface area contributed by atoms with Crippen LogP contribution in [0.5, 0.6) is 0 Å². The number of para-hydroxylation sites is 1. The lowest BCUT2D eigenvalue weighted by molar-refractivity contribution is -0.384. The second kappa shape index (κ2) is 6.98. The minimum Gasteiger partial charge on any atom is -0.393 e. The first-order valence-corrected chi connectivity index (χ1v) is 7.19. The maximum atomic E-state index is 12.0. The number of nitro groups is 1. The lowest BCUT2D eigenvalue weighted by Crippen LogP contribution is -2.33. The first-order valence-electron chi connectivity index (χ1n) is 5.80. The van der Waals surface area contributed by atoms with Gasteiger partial charge in [0.1, 0.15) is 11.3 Å². The molecule has 1 aromatic carbocycles. The van der Waals surface area contributed by atoms with Gasteiger partial charge in [0.25, 0.3) is 5.91 Å². The van der Waals surface area contributed by atoms with E-state index in [-0.39, 0.29) is 23.0 Å². The van der Waals surface area contributed by atoms with E-state index in [0.717, 1.165) is 12.2 Å². The zero-order valence-corrected chi connectivity index (χ0v) is 11.7. The molecule has 1 rings (SSSR count). The van der Waals surface area contributed by atoms with Crippen molar-refractivity contribution in [2.75, 3.05) is 17.7 Å². The number of nitrogens with two attached hydrogens (primary N) is 1. The number of hydrogen-bond acceptors (Lipinski definition) is 5. The van der Waals surface area contributed by atoms with Crippen molar-refractivity contribution < 1.29 is 9.72 Å². The zero-order valence-electron chi connectivity index (χ0n) is 10.9. The summed E-state index contributed by atoms with van der Waals surface area (Å²) < 4.78 is 0. The summed E-state index contributed by atoms with van der Waals surface area (Å²) in [6, 6.07) is 4.31. The summed E-state index contributed by atoms with van der Waals surface area (Å²) in [7, 11) is 0. The van der Waals surface area contributed by atoms with Crippen molar-refractivity contribution in [3.05, 3.63) is 33.9 Å². The molecule has 1 amide bonds. The van der Waals surface area contributed by atoms with Crippen molar-refractivity contribution in [1.29, 1.82) is 0 Å². The third-order valence-corrected chi connectivity index (χ3v) is 3.27. The number of carbonyl (C=O) groups is 1. The highest BCUT2D eigenvalue weighted by atomic mass is 32.2. The predicted octanol–water partition coefficient (Wildman–Crippen LogP) is 2.05. The molecule has 7 heteroatoms. The van der Waals surface area contributed by atoms with Crippen LogP contribution in [0.25, 0.3) is 0 Å². The minimum absolute atomic E-state index is 0.000927. The Hall–Kier alpha value is -1.76. The van der Waals surface area contributed by atoms with Gasteiger partial charge in [-0.05, 0) is 37.5 Å². The number of nitrogens with one attached hydrogen (secondary N) is 1. The molecule has 1 unspecified atom stereocenters. The van der Waals surface area contributed by atoms with Crippen LogP contribution in [0.15, 0.2) is 18.2 Å². The molecular formula is C12H17N3O3S. The van der Waals surface area contributed by atoms with Crippen LogP contribution >= 0.6 is 11.8 Å². The second-order valence-corrected chi connectivity index (χ2v) is 5.14. The van der Waals surface area contributed by atoms with E-state index in [0.29, 0.717) is 0 Å². The van der Waals surface area contributed by atoms with Gasteiger partial charge >= 0.3 is 5.69 Å². The second-order valence-electron chi connectivity index (χ2n) is 4.16. The Labute approximate surface area is 115 Å². The van der Waals surface area contributed by atoms with Crippen molar-refractivity contribution in [2.45, 2.75) is 19.4 Å². The van der Waals surface area contributed by atoms with E-state index in [4.69, 9.17) is 5.73 Å². The fraction of sp³-hybridized carbons (Fsp3) is 0.417. The smallest absolute Gasteiger partial charge is 0.304 e. The van der Waals surface area contributed by atoms with Crippen molar-refractivity contribution in [3.63, 3.8) is 0 Å². The van der Waals surface area contributed by atoms with E-state index in [1.54, 1.807) is 11.8 Å². The van der Waals surface area contributed by atoms with Crippen molar-refractivity contribution in [1.82, 2.24) is 5.32 Å². The van der Waals surface area contributed by atoms with Crippen LogP contribution in [0.1, 0.15) is 23.7 Å². The van der Waals surface area contributed by atoms with Gasteiger partial charge in [0.2, 0.25) is 0 Å². The average molecular weight is 283 g/mol. The molecule has 0 aliphatic heterocycles. The number of nitrogen functional groups attached to an aromatic ring is 1. The molecule has 0 aromatic heterocycles. The number of hydrogen-bond donors (Lipinski definition) is 2. The highest BCUT2D eigenvalue weighted by Crippen LogP contribution is 2.25. The van der Waals surface area contributed by atoms with Gasteiger partial charge in [-0.25, -0.2) is 0 Å². The van der Waals surface area contributed by atoms with Gasteiger partial charge in [-0.3, -0.25) is 14.9 Å². The summed E-state index contributed by atoms with van der Waals surface area (Å²) in [5.41, 5.74) is 5.21. The molecule has 0 bridgehead atoms. The van der Waals surface area contributed by atoms with E-state index in [1.165, 1.54) is 18.2 Å². The molecular weight excluding hydrogens is 266 g/mol. The molecule has 0 fully saturated rings. The molecule has 0 aliphatic rings. The largest absolute Gasteiger partial charge is 0.393 e. The van der Waals surface area contributed by atoms with Crippen LogP contribution in [0.3, 0.4) is 0 Å². The predicted molar refractivity (Wildman–Crippen MR) is 77.4 cm³/mol. The maximum absolute atomic E-state index is 12.0. The molecule has 1 aromatic rings. The number of nitro benzene ring substituents is 1. The third kappa shape index (κ3) is 4.13. The Morgan fingerprint density at radius 3 is 2.84 bits per heavy atom. The number of nitrogens with zero attached hydrogens (tertiary/aromatic N) is 1. The number of amides is 1. The summed E-state index contributed by atoms with van der Waals surface area (Å²) in [5, 5.41) is 13.7. The molecule has 0 saturated carbocycles. The Bertz CT molecular complexity index is 479. The van der Waals surface area contributed by atoms with Crippen molar-refractivity contribution in [2.24, 2.45) is 0 Å². The van der Waals surface area contributed by atoms with Crippen LogP contribution in [-0.2, 0) is 0 Å². The van der Waals surface area contributed by atoms with Crippen molar-refractivity contribution >= 4 is 29.0 Å². The first kappa shape index (κ1) is 15.3. The summed E-state index contributed by atoms with van der Waals surface area (Å²) >= 11 is 1.68. The van der Waals surface area contributed by atoms with Gasteiger partial charge in [-0.15, -0.1) is 0 Å². The zero-order chi connectivity index (χ0) is 14.4. The topological polar surface area (TPSA) is 98.3 Å². The molecule has 104 valence electrons. The number of rotatable bonds is 6. The Morgan fingerprint density at radius 1 is 1.58 bits per heavy atom. The quantitative estimate of drug-likeness (QED) is 0.473. The minimum atomic E-state index is -0.628. The van der Waals surface area contributed by atoms with E-state index in [1.807, 2.05) is 13.2 Å². The molecule has 19 heavy (non-hydrogen) atoms. The van der Waals surface area contributed by atoms with Gasteiger partial charge in [-0.2, -0.15) is 11.8 Å². The van der Waals surface area contributed by atoms with Crippen LogP contribution in [-0.4, -0.2) is 28.9 Å². The lowest BCUT2D eigenvalue weighted by atomic mass is 10.1. The monoisotopic (exact) mass is 283 g/mol. The van der Waals surface area contributed by atoms with Crippen LogP contribution in [0, 0.1) is 10.1 Å². The van der Waals surface area contributed by atoms with Gasteiger partial charge in [-0.1, -0.05) is 6.07 Å². The lowest BCUT2D eigenvalue weighted by Gasteiger charge is -2.13. The normalized spacial score (nSPS) is 11.9.